The van der Waals surface area contributed by atoms with E-state index in [1.807, 2.05) is 43.1 Å². The molecule has 2 rings (SSSR count). The van der Waals surface area contributed by atoms with Crippen LogP contribution >= 0.6 is 11.6 Å². The van der Waals surface area contributed by atoms with Gasteiger partial charge in [0.1, 0.15) is 0 Å². The third-order valence-electron chi connectivity index (χ3n) is 3.80. The Morgan fingerprint density at radius 3 is 2.46 bits per heavy atom. The highest BCUT2D eigenvalue weighted by Gasteiger charge is 2.18. The van der Waals surface area contributed by atoms with E-state index in [4.69, 9.17) is 17.3 Å². The van der Waals surface area contributed by atoms with Gasteiger partial charge in [0.15, 0.2) is 0 Å². The molecule has 24 heavy (non-hydrogen) atoms. The van der Waals surface area contributed by atoms with Crippen molar-refractivity contribution in [3.8, 4) is 0 Å². The van der Waals surface area contributed by atoms with E-state index in [1.165, 1.54) is 0 Å². The van der Waals surface area contributed by atoms with E-state index in [2.05, 4.69) is 5.32 Å². The molecule has 0 aromatic heterocycles. The number of rotatable bonds is 6. The predicted molar refractivity (Wildman–Crippen MR) is 96.0 cm³/mol. The Morgan fingerprint density at radius 2 is 1.88 bits per heavy atom. The molecule has 0 aliphatic rings. The van der Waals surface area contributed by atoms with Crippen LogP contribution in [0.25, 0.3) is 0 Å². The molecule has 126 valence electrons. The second kappa shape index (κ2) is 7.95. The summed E-state index contributed by atoms with van der Waals surface area (Å²) in [6, 6.07) is 13.7. The SMILES string of the molecule is C[C@@H](C(=O)Nc1ccc(C(N)=O)cc1)N(C)Cc1cccc(Cl)c1. The summed E-state index contributed by atoms with van der Waals surface area (Å²) in [4.78, 5) is 25.3. The molecule has 0 fully saturated rings. The lowest BCUT2D eigenvalue weighted by Gasteiger charge is -2.24. The number of nitrogens with zero attached hydrogens (tertiary/aromatic N) is 1. The first-order valence-corrected chi connectivity index (χ1v) is 7.90. The zero-order valence-electron chi connectivity index (χ0n) is 13.6. The monoisotopic (exact) mass is 345 g/mol. The van der Waals surface area contributed by atoms with Crippen LogP contribution in [0, 0.1) is 0 Å². The second-order valence-electron chi connectivity index (χ2n) is 5.65. The second-order valence-corrected chi connectivity index (χ2v) is 6.09. The summed E-state index contributed by atoms with van der Waals surface area (Å²) in [6.07, 6.45) is 0. The van der Waals surface area contributed by atoms with E-state index in [0.717, 1.165) is 5.56 Å². The molecular weight excluding hydrogens is 326 g/mol. The lowest BCUT2D eigenvalue weighted by atomic mass is 10.1. The standard InChI is InChI=1S/C18H20ClN3O2/c1-12(22(2)11-13-4-3-5-15(19)10-13)18(24)21-16-8-6-14(7-9-16)17(20)23/h3-10,12H,11H2,1-2H3,(H2,20,23)(H,21,24)/t12-/m0/s1. The third kappa shape index (κ3) is 4.81. The molecule has 0 aliphatic heterocycles. The fourth-order valence-electron chi connectivity index (χ4n) is 2.22. The van der Waals surface area contributed by atoms with Crippen molar-refractivity contribution in [3.05, 3.63) is 64.7 Å². The Bertz CT molecular complexity index is 731. The highest BCUT2D eigenvalue weighted by atomic mass is 35.5. The number of primary amides is 1. The van der Waals surface area contributed by atoms with E-state index in [1.54, 1.807) is 24.3 Å². The Hall–Kier alpha value is -2.37. The van der Waals surface area contributed by atoms with Gasteiger partial charge >= 0.3 is 0 Å². The third-order valence-corrected chi connectivity index (χ3v) is 4.03. The summed E-state index contributed by atoms with van der Waals surface area (Å²) in [5.74, 6) is -0.631. The van der Waals surface area contributed by atoms with Crippen molar-refractivity contribution in [1.29, 1.82) is 0 Å². The van der Waals surface area contributed by atoms with Gasteiger partial charge in [-0.25, -0.2) is 0 Å². The smallest absolute Gasteiger partial charge is 0.248 e. The van der Waals surface area contributed by atoms with Crippen LogP contribution in [0.15, 0.2) is 48.5 Å². The van der Waals surface area contributed by atoms with E-state index < -0.39 is 5.91 Å². The van der Waals surface area contributed by atoms with Crippen molar-refractivity contribution in [3.63, 3.8) is 0 Å². The zero-order chi connectivity index (χ0) is 17.7. The summed E-state index contributed by atoms with van der Waals surface area (Å²) in [7, 11) is 1.88. The number of carbonyl (C=O) groups excluding carboxylic acids is 2. The molecule has 6 heteroatoms. The molecule has 2 aromatic carbocycles. The van der Waals surface area contributed by atoms with Crippen LogP contribution in [0.1, 0.15) is 22.8 Å². The average molecular weight is 346 g/mol. The number of amides is 2. The summed E-state index contributed by atoms with van der Waals surface area (Å²) in [5, 5.41) is 3.50. The van der Waals surface area contributed by atoms with Gasteiger partial charge in [-0.15, -0.1) is 0 Å². The maximum Gasteiger partial charge on any atom is 0.248 e. The average Bonchev–Trinajstić information content (AvgIpc) is 2.54. The fourth-order valence-corrected chi connectivity index (χ4v) is 2.44. The van der Waals surface area contributed by atoms with Crippen molar-refractivity contribution in [2.24, 2.45) is 5.73 Å². The highest BCUT2D eigenvalue weighted by molar-refractivity contribution is 6.30. The van der Waals surface area contributed by atoms with Crippen LogP contribution in [0.4, 0.5) is 5.69 Å². The Balaban J connectivity index is 1.96. The Labute approximate surface area is 146 Å². The Morgan fingerprint density at radius 1 is 1.21 bits per heavy atom. The predicted octanol–water partition coefficient (Wildman–Crippen LogP) is 2.90. The molecule has 3 N–H and O–H groups in total. The molecule has 0 aliphatic carbocycles. The van der Waals surface area contributed by atoms with Gasteiger partial charge in [-0.05, 0) is 55.9 Å². The lowest BCUT2D eigenvalue weighted by molar-refractivity contribution is -0.120. The fraction of sp³-hybridized carbons (Fsp3) is 0.222. The van der Waals surface area contributed by atoms with Crippen LogP contribution < -0.4 is 11.1 Å². The van der Waals surface area contributed by atoms with Crippen LogP contribution in [-0.2, 0) is 11.3 Å². The highest BCUT2D eigenvalue weighted by Crippen LogP contribution is 2.14. The number of hydrogen-bond donors (Lipinski definition) is 2. The quantitative estimate of drug-likeness (QED) is 0.845. The van der Waals surface area contributed by atoms with Crippen LogP contribution in [0.3, 0.4) is 0 Å². The van der Waals surface area contributed by atoms with Gasteiger partial charge in [-0.1, -0.05) is 23.7 Å². The number of benzene rings is 2. The van der Waals surface area contributed by atoms with Crippen LogP contribution in [-0.4, -0.2) is 29.8 Å². The summed E-state index contributed by atoms with van der Waals surface area (Å²) >= 11 is 5.98. The van der Waals surface area contributed by atoms with Crippen molar-refractivity contribution in [2.45, 2.75) is 19.5 Å². The summed E-state index contributed by atoms with van der Waals surface area (Å²) in [5.41, 5.74) is 7.25. The van der Waals surface area contributed by atoms with Crippen LogP contribution in [0.2, 0.25) is 5.02 Å². The van der Waals surface area contributed by atoms with Gasteiger partial charge in [0.25, 0.3) is 0 Å². The largest absolute Gasteiger partial charge is 0.366 e. The maximum atomic E-state index is 12.4. The van der Waals surface area contributed by atoms with Crippen molar-refractivity contribution in [1.82, 2.24) is 4.90 Å². The van der Waals surface area contributed by atoms with Gasteiger partial charge in [0.05, 0.1) is 6.04 Å². The molecule has 0 heterocycles. The molecule has 5 nitrogen and oxygen atoms in total. The van der Waals surface area contributed by atoms with Gasteiger partial charge in [0.2, 0.25) is 11.8 Å². The molecule has 0 saturated carbocycles. The van der Waals surface area contributed by atoms with Crippen molar-refractivity contribution in [2.75, 3.05) is 12.4 Å². The zero-order valence-corrected chi connectivity index (χ0v) is 14.4. The normalized spacial score (nSPS) is 12.0. The van der Waals surface area contributed by atoms with Crippen molar-refractivity contribution < 1.29 is 9.59 Å². The molecule has 1 atom stereocenters. The molecule has 2 aromatic rings. The molecule has 2 amide bonds. The number of likely N-dealkylation sites (N-methyl/N-ethyl adjacent to an activating group) is 1. The maximum absolute atomic E-state index is 12.4. The Kier molecular flexibility index (Phi) is 5.95. The van der Waals surface area contributed by atoms with E-state index in [-0.39, 0.29) is 11.9 Å². The van der Waals surface area contributed by atoms with Gasteiger partial charge in [-0.2, -0.15) is 0 Å². The topological polar surface area (TPSA) is 75.4 Å². The number of hydrogen-bond acceptors (Lipinski definition) is 3. The number of halogens is 1. The van der Waals surface area contributed by atoms with E-state index >= 15 is 0 Å². The molecule has 0 saturated heterocycles. The number of nitrogens with one attached hydrogen (secondary N) is 1. The summed E-state index contributed by atoms with van der Waals surface area (Å²) in [6.45, 7) is 2.44. The number of carbonyl (C=O) groups is 2. The molecule has 0 bridgehead atoms. The van der Waals surface area contributed by atoms with Gasteiger partial charge < -0.3 is 11.1 Å². The molecule has 0 spiro atoms. The van der Waals surface area contributed by atoms with Crippen molar-refractivity contribution >= 4 is 29.1 Å². The first-order chi connectivity index (χ1) is 11.4. The minimum atomic E-state index is -0.498. The first-order valence-electron chi connectivity index (χ1n) is 7.52. The number of anilines is 1. The minimum absolute atomic E-state index is 0.133. The van der Waals surface area contributed by atoms with Gasteiger partial charge in [0, 0.05) is 22.8 Å². The minimum Gasteiger partial charge on any atom is -0.366 e. The van der Waals surface area contributed by atoms with Gasteiger partial charge in [-0.3, -0.25) is 14.5 Å². The summed E-state index contributed by atoms with van der Waals surface area (Å²) < 4.78 is 0. The molecular formula is C18H20ClN3O2. The van der Waals surface area contributed by atoms with Crippen LogP contribution in [0.5, 0.6) is 0 Å². The number of nitrogens with two attached hydrogens (primary N) is 1. The molecule has 0 radical (unpaired) electrons. The van der Waals surface area contributed by atoms with E-state index in [0.29, 0.717) is 22.8 Å². The van der Waals surface area contributed by atoms with E-state index in [9.17, 15) is 9.59 Å². The molecule has 0 unspecified atom stereocenters. The lowest BCUT2D eigenvalue weighted by Crippen LogP contribution is -2.39. The first kappa shape index (κ1) is 18.0.